The van der Waals surface area contributed by atoms with Crippen LogP contribution in [0.2, 0.25) is 0 Å². The molecule has 1 atom stereocenters. The third kappa shape index (κ3) is 2.94. The molecular formula is C15H14FN. The first-order chi connectivity index (χ1) is 8.29. The van der Waals surface area contributed by atoms with E-state index in [0.29, 0.717) is 0 Å². The summed E-state index contributed by atoms with van der Waals surface area (Å²) in [6.45, 7) is 3.81. The molecule has 0 fully saturated rings. The van der Waals surface area contributed by atoms with Gasteiger partial charge >= 0.3 is 0 Å². The van der Waals surface area contributed by atoms with Gasteiger partial charge in [0, 0.05) is 5.69 Å². The number of benzene rings is 2. The van der Waals surface area contributed by atoms with Gasteiger partial charge in [-0.1, -0.05) is 36.4 Å². The van der Waals surface area contributed by atoms with Crippen LogP contribution >= 0.6 is 0 Å². The number of anilines is 1. The van der Waals surface area contributed by atoms with Gasteiger partial charge in [-0.25, -0.2) is 4.39 Å². The summed E-state index contributed by atoms with van der Waals surface area (Å²) in [5.41, 5.74) is 2.01. The van der Waals surface area contributed by atoms with Crippen LogP contribution < -0.4 is 5.32 Å². The highest BCUT2D eigenvalue weighted by atomic mass is 19.1. The maximum atomic E-state index is 12.8. The first-order valence-corrected chi connectivity index (χ1v) is 5.49. The molecule has 1 nitrogen and oxygen atoms in total. The van der Waals surface area contributed by atoms with Crippen molar-refractivity contribution in [3.63, 3.8) is 0 Å². The second kappa shape index (κ2) is 5.30. The smallest absolute Gasteiger partial charge is 0.123 e. The molecule has 0 aliphatic rings. The lowest BCUT2D eigenvalue weighted by molar-refractivity contribution is 0.628. The largest absolute Gasteiger partial charge is 0.375 e. The van der Waals surface area contributed by atoms with Crippen molar-refractivity contribution in [3.8, 4) is 0 Å². The van der Waals surface area contributed by atoms with Crippen molar-refractivity contribution >= 4 is 5.69 Å². The van der Waals surface area contributed by atoms with Crippen LogP contribution in [0.1, 0.15) is 11.6 Å². The van der Waals surface area contributed by atoms with Gasteiger partial charge in [-0.2, -0.15) is 0 Å². The van der Waals surface area contributed by atoms with Crippen molar-refractivity contribution in [2.45, 2.75) is 6.04 Å². The van der Waals surface area contributed by atoms with Gasteiger partial charge < -0.3 is 5.32 Å². The number of hydrogen-bond acceptors (Lipinski definition) is 1. The Balaban J connectivity index is 2.16. The maximum Gasteiger partial charge on any atom is 0.123 e. The highest BCUT2D eigenvalue weighted by Crippen LogP contribution is 2.20. The van der Waals surface area contributed by atoms with E-state index in [-0.39, 0.29) is 11.9 Å². The van der Waals surface area contributed by atoms with Gasteiger partial charge in [0.1, 0.15) is 5.82 Å². The zero-order valence-corrected chi connectivity index (χ0v) is 9.44. The van der Waals surface area contributed by atoms with Gasteiger partial charge in [0.2, 0.25) is 0 Å². The average molecular weight is 227 g/mol. The third-order valence-electron chi connectivity index (χ3n) is 2.56. The molecule has 0 radical (unpaired) electrons. The van der Waals surface area contributed by atoms with Crippen LogP contribution in [0.15, 0.2) is 67.3 Å². The summed E-state index contributed by atoms with van der Waals surface area (Å²) >= 11 is 0. The Kier molecular flexibility index (Phi) is 3.55. The van der Waals surface area contributed by atoms with E-state index in [2.05, 4.69) is 11.9 Å². The number of halogens is 1. The minimum atomic E-state index is -0.231. The van der Waals surface area contributed by atoms with E-state index >= 15 is 0 Å². The SMILES string of the molecule is C=C[C@H](Nc1ccc(F)cc1)c1ccccc1. The van der Waals surface area contributed by atoms with E-state index in [0.717, 1.165) is 11.3 Å². The van der Waals surface area contributed by atoms with Crippen LogP contribution in [-0.4, -0.2) is 0 Å². The van der Waals surface area contributed by atoms with Gasteiger partial charge in [-0.3, -0.25) is 0 Å². The van der Waals surface area contributed by atoms with Gasteiger partial charge in [-0.15, -0.1) is 6.58 Å². The molecule has 2 rings (SSSR count). The van der Waals surface area contributed by atoms with Crippen LogP contribution in [0.5, 0.6) is 0 Å². The lowest BCUT2D eigenvalue weighted by atomic mass is 10.1. The Hall–Kier alpha value is -2.09. The van der Waals surface area contributed by atoms with E-state index in [1.165, 1.54) is 12.1 Å². The molecule has 86 valence electrons. The highest BCUT2D eigenvalue weighted by molar-refractivity contribution is 5.46. The second-order valence-corrected chi connectivity index (χ2v) is 3.78. The van der Waals surface area contributed by atoms with E-state index in [1.807, 2.05) is 36.4 Å². The Bertz CT molecular complexity index is 476. The summed E-state index contributed by atoms with van der Waals surface area (Å²) in [7, 11) is 0. The first kappa shape index (κ1) is 11.4. The number of nitrogens with one attached hydrogen (secondary N) is 1. The standard InChI is InChI=1S/C15H14FN/c1-2-15(12-6-4-3-5-7-12)17-14-10-8-13(16)9-11-14/h2-11,15,17H,1H2/t15-/m0/s1. The van der Waals surface area contributed by atoms with E-state index in [4.69, 9.17) is 0 Å². The Morgan fingerprint density at radius 1 is 1.00 bits per heavy atom. The molecule has 0 amide bonds. The lowest BCUT2D eigenvalue weighted by Crippen LogP contribution is -2.07. The maximum absolute atomic E-state index is 12.8. The molecule has 0 aliphatic carbocycles. The van der Waals surface area contributed by atoms with Crippen molar-refractivity contribution in [1.82, 2.24) is 0 Å². The Morgan fingerprint density at radius 2 is 1.65 bits per heavy atom. The van der Waals surface area contributed by atoms with Crippen molar-refractivity contribution in [2.24, 2.45) is 0 Å². The molecule has 17 heavy (non-hydrogen) atoms. The summed E-state index contributed by atoms with van der Waals surface area (Å²) in [6, 6.07) is 16.3. The monoisotopic (exact) mass is 227 g/mol. The molecule has 2 aromatic carbocycles. The first-order valence-electron chi connectivity index (χ1n) is 5.49. The molecular weight excluding hydrogens is 213 g/mol. The van der Waals surface area contributed by atoms with E-state index in [9.17, 15) is 4.39 Å². The fourth-order valence-corrected chi connectivity index (χ4v) is 1.66. The van der Waals surface area contributed by atoms with Crippen LogP contribution in [0, 0.1) is 5.82 Å². The topological polar surface area (TPSA) is 12.0 Å². The fraction of sp³-hybridized carbons (Fsp3) is 0.0667. The molecule has 0 unspecified atom stereocenters. The average Bonchev–Trinajstić information content (AvgIpc) is 2.39. The van der Waals surface area contributed by atoms with Gasteiger partial charge in [0.05, 0.1) is 6.04 Å². The van der Waals surface area contributed by atoms with E-state index in [1.54, 1.807) is 12.1 Å². The minimum Gasteiger partial charge on any atom is -0.375 e. The Labute approximate surface area is 101 Å². The molecule has 0 saturated heterocycles. The lowest BCUT2D eigenvalue weighted by Gasteiger charge is -2.16. The van der Waals surface area contributed by atoms with Crippen LogP contribution in [0.4, 0.5) is 10.1 Å². The quantitative estimate of drug-likeness (QED) is 0.773. The zero-order valence-electron chi connectivity index (χ0n) is 9.44. The summed E-state index contributed by atoms with van der Waals surface area (Å²) in [6.07, 6.45) is 1.83. The normalized spacial score (nSPS) is 11.8. The number of rotatable bonds is 4. The summed E-state index contributed by atoms with van der Waals surface area (Å²) in [5, 5.41) is 3.29. The predicted octanol–water partition coefficient (Wildman–Crippen LogP) is 4.16. The molecule has 0 bridgehead atoms. The summed E-state index contributed by atoms with van der Waals surface area (Å²) < 4.78 is 12.8. The van der Waals surface area contributed by atoms with Crippen LogP contribution in [0.25, 0.3) is 0 Å². The molecule has 0 aromatic heterocycles. The second-order valence-electron chi connectivity index (χ2n) is 3.78. The molecule has 2 aromatic rings. The predicted molar refractivity (Wildman–Crippen MR) is 69.4 cm³/mol. The molecule has 0 heterocycles. The molecule has 1 N–H and O–H groups in total. The molecule has 0 aliphatic heterocycles. The van der Waals surface area contributed by atoms with Gasteiger partial charge in [-0.05, 0) is 29.8 Å². The molecule has 0 saturated carbocycles. The van der Waals surface area contributed by atoms with E-state index < -0.39 is 0 Å². The molecule has 0 spiro atoms. The van der Waals surface area contributed by atoms with Crippen molar-refractivity contribution in [1.29, 1.82) is 0 Å². The van der Waals surface area contributed by atoms with Crippen molar-refractivity contribution in [3.05, 3.63) is 78.6 Å². The number of hydrogen-bond donors (Lipinski definition) is 1. The van der Waals surface area contributed by atoms with Crippen molar-refractivity contribution < 1.29 is 4.39 Å². The van der Waals surface area contributed by atoms with Crippen LogP contribution in [0.3, 0.4) is 0 Å². The highest BCUT2D eigenvalue weighted by Gasteiger charge is 2.06. The third-order valence-corrected chi connectivity index (χ3v) is 2.56. The van der Waals surface area contributed by atoms with Gasteiger partial charge in [0.15, 0.2) is 0 Å². The summed E-state index contributed by atoms with van der Waals surface area (Å²) in [4.78, 5) is 0. The van der Waals surface area contributed by atoms with Crippen molar-refractivity contribution in [2.75, 3.05) is 5.32 Å². The van der Waals surface area contributed by atoms with Crippen LogP contribution in [-0.2, 0) is 0 Å². The molecule has 2 heteroatoms. The fourth-order valence-electron chi connectivity index (χ4n) is 1.66. The minimum absolute atomic E-state index is 0.0293. The Morgan fingerprint density at radius 3 is 2.24 bits per heavy atom. The van der Waals surface area contributed by atoms with Gasteiger partial charge in [0.25, 0.3) is 0 Å². The zero-order chi connectivity index (χ0) is 12.1. The summed E-state index contributed by atoms with van der Waals surface area (Å²) in [5.74, 6) is -0.231.